The molecular weight excluding hydrogens is 208 g/mol. The van der Waals surface area contributed by atoms with Crippen LogP contribution in [0.4, 0.5) is 0 Å². The van der Waals surface area contributed by atoms with Crippen LogP contribution in [-0.2, 0) is 0 Å². The van der Waals surface area contributed by atoms with Gasteiger partial charge in [0.1, 0.15) is 0 Å². The lowest BCUT2D eigenvalue weighted by Gasteiger charge is -2.39. The summed E-state index contributed by atoms with van der Waals surface area (Å²) in [7, 11) is 2.08. The van der Waals surface area contributed by atoms with Gasteiger partial charge in [-0.15, -0.1) is 0 Å². The molecule has 0 aromatic heterocycles. The van der Waals surface area contributed by atoms with E-state index in [0.29, 0.717) is 5.41 Å². The van der Waals surface area contributed by atoms with Gasteiger partial charge in [0, 0.05) is 13.1 Å². The van der Waals surface area contributed by atoms with Gasteiger partial charge in [-0.25, -0.2) is 0 Å². The standard InChI is InChI=1S/C15H32N2/c1-5-9-15(3,12-16-4)13-17-10-7-14(6-2)8-11-17/h14,16H,5-13H2,1-4H3. The maximum atomic E-state index is 3.38. The normalized spacial score (nSPS) is 22.6. The Hall–Kier alpha value is -0.0800. The van der Waals surface area contributed by atoms with Crippen LogP contribution in [-0.4, -0.2) is 38.1 Å². The molecule has 0 aliphatic carbocycles. The van der Waals surface area contributed by atoms with Crippen molar-refractivity contribution in [3.8, 4) is 0 Å². The Morgan fingerprint density at radius 3 is 2.35 bits per heavy atom. The summed E-state index contributed by atoms with van der Waals surface area (Å²) in [6.45, 7) is 12.1. The van der Waals surface area contributed by atoms with Crippen LogP contribution < -0.4 is 5.32 Å². The number of piperidine rings is 1. The highest BCUT2D eigenvalue weighted by molar-refractivity contribution is 4.82. The first-order valence-electron chi connectivity index (χ1n) is 7.50. The lowest BCUT2D eigenvalue weighted by molar-refractivity contribution is 0.111. The molecule has 2 nitrogen and oxygen atoms in total. The Labute approximate surface area is 108 Å². The SMILES string of the molecule is CCCC(C)(CNC)CN1CCC(CC)CC1. The molecule has 1 N–H and O–H groups in total. The molecule has 1 unspecified atom stereocenters. The minimum atomic E-state index is 0.461. The van der Waals surface area contributed by atoms with Gasteiger partial charge in [0.2, 0.25) is 0 Å². The van der Waals surface area contributed by atoms with Crippen molar-refractivity contribution in [3.63, 3.8) is 0 Å². The molecule has 0 aromatic rings. The van der Waals surface area contributed by atoms with Crippen molar-refractivity contribution in [2.45, 2.75) is 52.9 Å². The maximum Gasteiger partial charge on any atom is 0.00475 e. The summed E-state index contributed by atoms with van der Waals surface area (Å²) in [5, 5.41) is 3.38. The Morgan fingerprint density at radius 2 is 1.88 bits per heavy atom. The summed E-state index contributed by atoms with van der Waals surface area (Å²) in [5.74, 6) is 0.994. The third-order valence-electron chi connectivity index (χ3n) is 4.35. The van der Waals surface area contributed by atoms with Gasteiger partial charge in [-0.2, -0.15) is 0 Å². The second-order valence-electron chi connectivity index (χ2n) is 6.22. The molecule has 1 aliphatic heterocycles. The van der Waals surface area contributed by atoms with Crippen molar-refractivity contribution in [1.29, 1.82) is 0 Å². The summed E-state index contributed by atoms with van der Waals surface area (Å²) in [6.07, 6.45) is 6.83. The van der Waals surface area contributed by atoms with Gasteiger partial charge >= 0.3 is 0 Å². The van der Waals surface area contributed by atoms with E-state index >= 15 is 0 Å². The Bertz CT molecular complexity index is 189. The van der Waals surface area contributed by atoms with E-state index in [4.69, 9.17) is 0 Å². The van der Waals surface area contributed by atoms with Crippen molar-refractivity contribution in [3.05, 3.63) is 0 Å². The third kappa shape index (κ3) is 4.97. The lowest BCUT2D eigenvalue weighted by atomic mass is 9.83. The van der Waals surface area contributed by atoms with Gasteiger partial charge in [0.05, 0.1) is 0 Å². The van der Waals surface area contributed by atoms with Crippen LogP contribution in [0.25, 0.3) is 0 Å². The first-order chi connectivity index (χ1) is 8.13. The number of nitrogens with one attached hydrogen (secondary N) is 1. The zero-order valence-electron chi connectivity index (χ0n) is 12.4. The molecule has 0 aromatic carbocycles. The highest BCUT2D eigenvalue weighted by Gasteiger charge is 2.27. The van der Waals surface area contributed by atoms with E-state index in [9.17, 15) is 0 Å². The number of hydrogen-bond acceptors (Lipinski definition) is 2. The molecular formula is C15H32N2. The van der Waals surface area contributed by atoms with Crippen LogP contribution >= 0.6 is 0 Å². The number of rotatable bonds is 7. The predicted molar refractivity (Wildman–Crippen MR) is 76.4 cm³/mol. The fourth-order valence-corrected chi connectivity index (χ4v) is 3.35. The van der Waals surface area contributed by atoms with Crippen LogP contribution in [0.1, 0.15) is 52.9 Å². The zero-order chi connectivity index (χ0) is 12.7. The van der Waals surface area contributed by atoms with Crippen molar-refractivity contribution < 1.29 is 0 Å². The highest BCUT2D eigenvalue weighted by atomic mass is 15.1. The Balaban J connectivity index is 2.40. The molecule has 102 valence electrons. The first kappa shape index (κ1) is 15.0. The van der Waals surface area contributed by atoms with Crippen LogP contribution in [0.5, 0.6) is 0 Å². The van der Waals surface area contributed by atoms with Crippen molar-refractivity contribution in [2.24, 2.45) is 11.3 Å². The summed E-state index contributed by atoms with van der Waals surface area (Å²) < 4.78 is 0. The van der Waals surface area contributed by atoms with Gasteiger partial charge in [-0.3, -0.25) is 0 Å². The Kier molecular flexibility index (Phi) is 6.50. The van der Waals surface area contributed by atoms with Gasteiger partial charge in [0.25, 0.3) is 0 Å². The van der Waals surface area contributed by atoms with Crippen molar-refractivity contribution >= 4 is 0 Å². The van der Waals surface area contributed by atoms with Crippen LogP contribution in [0.3, 0.4) is 0 Å². The van der Waals surface area contributed by atoms with Crippen molar-refractivity contribution in [2.75, 3.05) is 33.2 Å². The second kappa shape index (κ2) is 7.38. The molecule has 1 heterocycles. The van der Waals surface area contributed by atoms with Gasteiger partial charge < -0.3 is 10.2 Å². The molecule has 0 amide bonds. The van der Waals surface area contributed by atoms with Crippen LogP contribution in [0, 0.1) is 11.3 Å². The predicted octanol–water partition coefficient (Wildman–Crippen LogP) is 3.13. The average molecular weight is 240 g/mol. The molecule has 1 aliphatic rings. The monoisotopic (exact) mass is 240 g/mol. The molecule has 2 heteroatoms. The number of hydrogen-bond donors (Lipinski definition) is 1. The first-order valence-corrected chi connectivity index (χ1v) is 7.50. The molecule has 1 rings (SSSR count). The van der Waals surface area contributed by atoms with E-state index in [0.717, 1.165) is 12.5 Å². The molecule has 0 spiro atoms. The fourth-order valence-electron chi connectivity index (χ4n) is 3.35. The third-order valence-corrected chi connectivity index (χ3v) is 4.35. The van der Waals surface area contributed by atoms with Gasteiger partial charge in [0.15, 0.2) is 0 Å². The summed E-state index contributed by atoms with van der Waals surface area (Å²) in [4.78, 5) is 2.69. The number of nitrogens with zero attached hydrogens (tertiary/aromatic N) is 1. The molecule has 0 bridgehead atoms. The Morgan fingerprint density at radius 1 is 1.24 bits per heavy atom. The number of likely N-dealkylation sites (tertiary alicyclic amines) is 1. The fraction of sp³-hybridized carbons (Fsp3) is 1.00. The van der Waals surface area contributed by atoms with Crippen LogP contribution in [0.2, 0.25) is 0 Å². The van der Waals surface area contributed by atoms with E-state index in [2.05, 4.69) is 38.0 Å². The smallest absolute Gasteiger partial charge is 0.00475 e. The van der Waals surface area contributed by atoms with E-state index in [1.807, 2.05) is 0 Å². The largest absolute Gasteiger partial charge is 0.319 e. The molecule has 17 heavy (non-hydrogen) atoms. The molecule has 1 fully saturated rings. The van der Waals surface area contributed by atoms with Gasteiger partial charge in [-0.1, -0.05) is 33.6 Å². The van der Waals surface area contributed by atoms with Crippen molar-refractivity contribution in [1.82, 2.24) is 10.2 Å². The molecule has 1 atom stereocenters. The topological polar surface area (TPSA) is 15.3 Å². The second-order valence-corrected chi connectivity index (χ2v) is 6.22. The maximum absolute atomic E-state index is 3.38. The van der Waals surface area contributed by atoms with E-state index in [1.165, 1.54) is 51.7 Å². The lowest BCUT2D eigenvalue weighted by Crippen LogP contribution is -2.44. The minimum Gasteiger partial charge on any atom is -0.319 e. The van der Waals surface area contributed by atoms with Gasteiger partial charge in [-0.05, 0) is 50.7 Å². The summed E-state index contributed by atoms with van der Waals surface area (Å²) in [5.41, 5.74) is 0.461. The van der Waals surface area contributed by atoms with E-state index in [-0.39, 0.29) is 0 Å². The highest BCUT2D eigenvalue weighted by Crippen LogP contribution is 2.27. The molecule has 1 saturated heterocycles. The van der Waals surface area contributed by atoms with E-state index in [1.54, 1.807) is 0 Å². The molecule has 0 saturated carbocycles. The average Bonchev–Trinajstić information content (AvgIpc) is 2.30. The summed E-state index contributed by atoms with van der Waals surface area (Å²) in [6, 6.07) is 0. The summed E-state index contributed by atoms with van der Waals surface area (Å²) >= 11 is 0. The molecule has 0 radical (unpaired) electrons. The minimum absolute atomic E-state index is 0.461. The quantitative estimate of drug-likeness (QED) is 0.735. The van der Waals surface area contributed by atoms with E-state index < -0.39 is 0 Å². The van der Waals surface area contributed by atoms with Crippen LogP contribution in [0.15, 0.2) is 0 Å². The zero-order valence-corrected chi connectivity index (χ0v) is 12.4.